The molecule has 0 aliphatic rings. The Labute approximate surface area is 167 Å². The third-order valence-corrected chi connectivity index (χ3v) is 5.18. The SMILES string of the molecule is Cc1cc(Nc2nc(=O)c3c(ncn3C)n2Cc2ccccc2)c(C)cc1Cl. The zero-order chi connectivity index (χ0) is 19.8. The van der Waals surface area contributed by atoms with Crippen molar-refractivity contribution in [1.29, 1.82) is 0 Å². The summed E-state index contributed by atoms with van der Waals surface area (Å²) in [5.74, 6) is 0.449. The number of halogens is 1. The summed E-state index contributed by atoms with van der Waals surface area (Å²) in [6.07, 6.45) is 1.64. The monoisotopic (exact) mass is 393 g/mol. The minimum atomic E-state index is -0.315. The fourth-order valence-electron chi connectivity index (χ4n) is 3.22. The predicted octanol–water partition coefficient (Wildman–Crippen LogP) is 4.19. The number of hydrogen-bond donors (Lipinski definition) is 1. The van der Waals surface area contributed by atoms with Gasteiger partial charge in [-0.3, -0.25) is 9.36 Å². The second-order valence-electron chi connectivity index (χ2n) is 6.88. The largest absolute Gasteiger partial charge is 0.328 e. The lowest BCUT2D eigenvalue weighted by Crippen LogP contribution is -2.20. The Kier molecular flexibility index (Phi) is 4.65. The van der Waals surface area contributed by atoms with E-state index < -0.39 is 0 Å². The van der Waals surface area contributed by atoms with Crippen LogP contribution in [0, 0.1) is 13.8 Å². The van der Waals surface area contributed by atoms with Gasteiger partial charge in [-0.05, 0) is 42.7 Å². The van der Waals surface area contributed by atoms with E-state index in [1.165, 1.54) is 0 Å². The van der Waals surface area contributed by atoms with Crippen LogP contribution >= 0.6 is 11.6 Å². The second-order valence-corrected chi connectivity index (χ2v) is 7.29. The molecule has 1 N–H and O–H groups in total. The highest BCUT2D eigenvalue weighted by Gasteiger charge is 2.16. The number of benzene rings is 2. The number of hydrogen-bond acceptors (Lipinski definition) is 4. The highest BCUT2D eigenvalue weighted by molar-refractivity contribution is 6.31. The van der Waals surface area contributed by atoms with Gasteiger partial charge in [0.15, 0.2) is 11.2 Å². The molecule has 6 nitrogen and oxygen atoms in total. The van der Waals surface area contributed by atoms with Crippen molar-refractivity contribution in [3.05, 3.63) is 80.9 Å². The van der Waals surface area contributed by atoms with Crippen molar-refractivity contribution < 1.29 is 0 Å². The molecule has 0 saturated carbocycles. The molecule has 0 aliphatic heterocycles. The summed E-state index contributed by atoms with van der Waals surface area (Å²) in [6.45, 7) is 4.45. The Morgan fingerprint density at radius 3 is 2.61 bits per heavy atom. The van der Waals surface area contributed by atoms with Crippen molar-refractivity contribution in [3.63, 3.8) is 0 Å². The molecule has 0 saturated heterocycles. The summed E-state index contributed by atoms with van der Waals surface area (Å²) in [7, 11) is 1.80. The Morgan fingerprint density at radius 1 is 1.11 bits per heavy atom. The number of fused-ring (bicyclic) bond motifs is 1. The van der Waals surface area contributed by atoms with Gasteiger partial charge in [0.05, 0.1) is 12.9 Å². The minimum absolute atomic E-state index is 0.315. The van der Waals surface area contributed by atoms with E-state index in [4.69, 9.17) is 11.6 Å². The third kappa shape index (κ3) is 3.27. The molecule has 0 radical (unpaired) electrons. The van der Waals surface area contributed by atoms with E-state index in [9.17, 15) is 4.79 Å². The van der Waals surface area contributed by atoms with E-state index in [2.05, 4.69) is 15.3 Å². The van der Waals surface area contributed by atoms with Gasteiger partial charge in [-0.25, -0.2) is 4.98 Å². The lowest BCUT2D eigenvalue weighted by Gasteiger charge is -2.17. The second kappa shape index (κ2) is 7.13. The number of imidazole rings is 1. The van der Waals surface area contributed by atoms with Gasteiger partial charge in [-0.2, -0.15) is 4.98 Å². The van der Waals surface area contributed by atoms with Crippen LogP contribution in [-0.2, 0) is 13.6 Å². The number of nitrogens with zero attached hydrogens (tertiary/aromatic N) is 4. The van der Waals surface area contributed by atoms with Crippen LogP contribution in [0.3, 0.4) is 0 Å². The molecule has 28 heavy (non-hydrogen) atoms. The summed E-state index contributed by atoms with van der Waals surface area (Å²) in [4.78, 5) is 21.4. The first kappa shape index (κ1) is 18.3. The summed E-state index contributed by atoms with van der Waals surface area (Å²) in [5, 5.41) is 4.02. The fraction of sp³-hybridized carbons (Fsp3) is 0.190. The number of nitrogens with one attached hydrogen (secondary N) is 1. The van der Waals surface area contributed by atoms with Gasteiger partial charge in [0.1, 0.15) is 0 Å². The molecule has 0 amide bonds. The van der Waals surface area contributed by atoms with E-state index in [0.29, 0.717) is 28.7 Å². The molecule has 7 heteroatoms. The molecular formula is C21H20ClN5O. The van der Waals surface area contributed by atoms with Crippen molar-refractivity contribution in [2.45, 2.75) is 20.4 Å². The van der Waals surface area contributed by atoms with Crippen LogP contribution in [0.4, 0.5) is 11.6 Å². The molecular weight excluding hydrogens is 374 g/mol. The van der Waals surface area contributed by atoms with Crippen LogP contribution < -0.4 is 10.9 Å². The Morgan fingerprint density at radius 2 is 1.86 bits per heavy atom. The maximum atomic E-state index is 12.6. The number of anilines is 2. The third-order valence-electron chi connectivity index (χ3n) is 4.77. The number of aromatic nitrogens is 4. The number of aryl methyl sites for hydroxylation is 3. The normalized spacial score (nSPS) is 11.1. The van der Waals surface area contributed by atoms with Gasteiger partial charge in [0, 0.05) is 17.8 Å². The quantitative estimate of drug-likeness (QED) is 0.564. The molecule has 4 rings (SSSR count). The van der Waals surface area contributed by atoms with Crippen LogP contribution in [-0.4, -0.2) is 19.1 Å². The zero-order valence-electron chi connectivity index (χ0n) is 15.9. The summed E-state index contributed by atoms with van der Waals surface area (Å²) < 4.78 is 3.63. The summed E-state index contributed by atoms with van der Waals surface area (Å²) in [5.41, 5.74) is 4.62. The van der Waals surface area contributed by atoms with Crippen molar-refractivity contribution in [2.24, 2.45) is 7.05 Å². The lowest BCUT2D eigenvalue weighted by atomic mass is 10.1. The van der Waals surface area contributed by atoms with E-state index in [1.807, 2.05) is 60.9 Å². The Balaban J connectivity index is 1.89. The van der Waals surface area contributed by atoms with Crippen LogP contribution in [0.1, 0.15) is 16.7 Å². The van der Waals surface area contributed by atoms with Crippen molar-refractivity contribution in [2.75, 3.05) is 5.32 Å². The van der Waals surface area contributed by atoms with E-state index in [-0.39, 0.29) is 5.56 Å². The maximum Gasteiger partial charge on any atom is 0.300 e. The van der Waals surface area contributed by atoms with E-state index in [1.54, 1.807) is 17.9 Å². The molecule has 4 aromatic rings. The van der Waals surface area contributed by atoms with Crippen molar-refractivity contribution in [1.82, 2.24) is 19.1 Å². The molecule has 142 valence electrons. The van der Waals surface area contributed by atoms with E-state index in [0.717, 1.165) is 22.4 Å². The number of rotatable bonds is 4. The smallest absolute Gasteiger partial charge is 0.300 e. The van der Waals surface area contributed by atoms with Gasteiger partial charge >= 0.3 is 5.56 Å². The molecule has 2 aromatic carbocycles. The van der Waals surface area contributed by atoms with Gasteiger partial charge < -0.3 is 9.88 Å². The molecule has 0 unspecified atom stereocenters. The van der Waals surface area contributed by atoms with Crippen LogP contribution in [0.5, 0.6) is 0 Å². The molecule has 2 aromatic heterocycles. The summed E-state index contributed by atoms with van der Waals surface area (Å²) in [6, 6.07) is 13.9. The lowest BCUT2D eigenvalue weighted by molar-refractivity contribution is 0.800. The molecule has 0 aliphatic carbocycles. The highest BCUT2D eigenvalue weighted by atomic mass is 35.5. The Hall–Kier alpha value is -3.12. The first-order chi connectivity index (χ1) is 13.4. The Bertz CT molecular complexity index is 1230. The zero-order valence-corrected chi connectivity index (χ0v) is 16.7. The standard InChI is InChI=1S/C21H20ClN5O/c1-13-10-17(14(2)9-16(13)22)24-21-25-20(28)18-19(23-12-26(18)3)27(21)11-15-7-5-4-6-8-15/h4-10,12H,11H2,1-3H3,(H,24,25,28). The highest BCUT2D eigenvalue weighted by Crippen LogP contribution is 2.27. The van der Waals surface area contributed by atoms with Gasteiger partial charge in [-0.15, -0.1) is 0 Å². The van der Waals surface area contributed by atoms with Gasteiger partial charge in [0.2, 0.25) is 5.95 Å². The first-order valence-electron chi connectivity index (χ1n) is 8.93. The van der Waals surface area contributed by atoms with Crippen LogP contribution in [0.15, 0.2) is 53.6 Å². The molecule has 0 spiro atoms. The van der Waals surface area contributed by atoms with Crippen LogP contribution in [0.25, 0.3) is 11.2 Å². The van der Waals surface area contributed by atoms with Gasteiger partial charge in [-0.1, -0.05) is 41.9 Å². The maximum absolute atomic E-state index is 12.6. The average Bonchev–Trinajstić information content (AvgIpc) is 3.06. The molecule has 0 bridgehead atoms. The first-order valence-corrected chi connectivity index (χ1v) is 9.31. The average molecular weight is 394 g/mol. The summed E-state index contributed by atoms with van der Waals surface area (Å²) >= 11 is 6.22. The van der Waals surface area contributed by atoms with Crippen molar-refractivity contribution >= 4 is 34.4 Å². The molecule has 0 atom stereocenters. The van der Waals surface area contributed by atoms with Crippen molar-refractivity contribution in [3.8, 4) is 0 Å². The van der Waals surface area contributed by atoms with E-state index >= 15 is 0 Å². The van der Waals surface area contributed by atoms with Gasteiger partial charge in [0.25, 0.3) is 0 Å². The topological polar surface area (TPSA) is 64.7 Å². The molecule has 0 fully saturated rings. The minimum Gasteiger partial charge on any atom is -0.328 e. The van der Waals surface area contributed by atoms with Crippen LogP contribution in [0.2, 0.25) is 5.02 Å². The molecule has 2 heterocycles. The fourth-order valence-corrected chi connectivity index (χ4v) is 3.44. The predicted molar refractivity (Wildman–Crippen MR) is 113 cm³/mol.